The van der Waals surface area contributed by atoms with Gasteiger partial charge in [0.1, 0.15) is 0 Å². The van der Waals surface area contributed by atoms with Crippen LogP contribution < -0.4 is 0 Å². The minimum absolute atomic E-state index is 0.0396. The Morgan fingerprint density at radius 3 is 2.36 bits per heavy atom. The molecule has 5 aliphatic carbocycles. The predicted molar refractivity (Wildman–Crippen MR) is 147 cm³/mol. The third-order valence-corrected chi connectivity index (χ3v) is 12.9. The van der Waals surface area contributed by atoms with Gasteiger partial charge in [-0.15, -0.1) is 0 Å². The van der Waals surface area contributed by atoms with E-state index in [0.29, 0.717) is 49.1 Å². The van der Waals surface area contributed by atoms with Crippen LogP contribution in [-0.2, 0) is 14.2 Å². The molecule has 5 saturated carbocycles. The monoisotopic (exact) mass is 532 g/mol. The topological polar surface area (TPSA) is 65.0 Å². The van der Waals surface area contributed by atoms with Crippen molar-refractivity contribution >= 4 is 5.78 Å². The number of rotatable bonds is 3. The molecule has 8 unspecified atom stereocenters. The number of hydrogen-bond donors (Lipinski definition) is 1. The van der Waals surface area contributed by atoms with Crippen LogP contribution in [0, 0.1) is 35.0 Å². The van der Waals surface area contributed by atoms with Crippen LogP contribution in [0.3, 0.4) is 0 Å². The zero-order valence-electron chi connectivity index (χ0n) is 23.5. The summed E-state index contributed by atoms with van der Waals surface area (Å²) in [6.45, 7) is 9.13. The van der Waals surface area contributed by atoms with E-state index in [4.69, 9.17) is 14.2 Å². The minimum Gasteiger partial charge on any atom is -0.389 e. The van der Waals surface area contributed by atoms with Crippen LogP contribution in [0.2, 0.25) is 0 Å². The van der Waals surface area contributed by atoms with Crippen molar-refractivity contribution in [3.8, 4) is 0 Å². The van der Waals surface area contributed by atoms with Crippen molar-refractivity contribution < 1.29 is 24.1 Å². The number of fused-ring (bicyclic) bond motifs is 6. The van der Waals surface area contributed by atoms with Crippen molar-refractivity contribution in [1.82, 2.24) is 0 Å². The maximum Gasteiger partial charge on any atom is 0.171 e. The lowest BCUT2D eigenvalue weighted by atomic mass is 9.44. The van der Waals surface area contributed by atoms with E-state index in [0.717, 1.165) is 70.0 Å². The third-order valence-electron chi connectivity index (χ3n) is 12.9. The number of benzene rings is 1. The molecule has 8 atom stereocenters. The highest BCUT2D eigenvalue weighted by Crippen LogP contribution is 2.72. The number of Topliss-reactive ketones (excluding diaryl/α,β-unsaturated/α-hetero) is 1. The van der Waals surface area contributed by atoms with Gasteiger partial charge in [-0.1, -0.05) is 37.8 Å². The number of aliphatic hydroxyl groups is 1. The number of carbonyl (C=O) groups is 1. The van der Waals surface area contributed by atoms with Gasteiger partial charge in [0.05, 0.1) is 31.0 Å². The first-order valence-electron chi connectivity index (χ1n) is 15.7. The molecule has 5 heteroatoms. The molecule has 7 fully saturated rings. The van der Waals surface area contributed by atoms with Gasteiger partial charge in [-0.3, -0.25) is 4.79 Å². The summed E-state index contributed by atoms with van der Waals surface area (Å²) >= 11 is 0. The second kappa shape index (κ2) is 8.50. The van der Waals surface area contributed by atoms with Gasteiger partial charge in [0.15, 0.2) is 11.6 Å². The fourth-order valence-electron chi connectivity index (χ4n) is 11.0. The van der Waals surface area contributed by atoms with Crippen LogP contribution >= 0.6 is 0 Å². The molecule has 8 rings (SSSR count). The Hall–Kier alpha value is -1.53. The van der Waals surface area contributed by atoms with Gasteiger partial charge in [0.2, 0.25) is 0 Å². The van der Waals surface area contributed by atoms with E-state index in [1.54, 1.807) is 0 Å². The highest BCUT2D eigenvalue weighted by atomic mass is 16.7. The lowest BCUT2D eigenvalue weighted by Gasteiger charge is -2.63. The average molecular weight is 533 g/mol. The molecule has 39 heavy (non-hydrogen) atoms. The normalized spacial score (nSPS) is 46.3. The molecule has 2 saturated heterocycles. The van der Waals surface area contributed by atoms with Crippen LogP contribution in [0.25, 0.3) is 0 Å². The lowest BCUT2D eigenvalue weighted by Crippen LogP contribution is -2.62. The fourth-order valence-corrected chi connectivity index (χ4v) is 11.0. The highest BCUT2D eigenvalue weighted by Gasteiger charge is 2.69. The number of ether oxygens (including phenoxy) is 3. The summed E-state index contributed by atoms with van der Waals surface area (Å²) in [6.07, 6.45) is 10.7. The summed E-state index contributed by atoms with van der Waals surface area (Å²) in [4.78, 5) is 12.8. The van der Waals surface area contributed by atoms with Crippen molar-refractivity contribution in [2.75, 3.05) is 19.8 Å². The number of hydrogen-bond acceptors (Lipinski definition) is 5. The molecule has 210 valence electrons. The van der Waals surface area contributed by atoms with Crippen molar-refractivity contribution in [2.24, 2.45) is 35.0 Å². The van der Waals surface area contributed by atoms with Crippen molar-refractivity contribution in [3.05, 3.63) is 47.5 Å². The Morgan fingerprint density at radius 2 is 1.67 bits per heavy atom. The maximum absolute atomic E-state index is 12.8. The Bertz CT molecular complexity index is 1180. The quantitative estimate of drug-likeness (QED) is 0.371. The molecule has 1 aromatic rings. The molecule has 0 amide bonds. The molecule has 0 bridgehead atoms. The number of carbonyl (C=O) groups excluding carboxylic acids is 1. The van der Waals surface area contributed by atoms with Crippen LogP contribution in [0.15, 0.2) is 36.4 Å². The van der Waals surface area contributed by atoms with Crippen LogP contribution in [-0.4, -0.2) is 47.7 Å². The molecule has 2 aliphatic heterocycles. The molecular formula is C34H44O5. The standard InChI is InChI=1S/C34H44O5/c1-21-12-16-39-34(21)15-11-27-25-9-13-32(36)20-33(37-17-18-38-33)14-10-28(32)29(25)26(19-31(27,34)2)22-3-5-23(6-4-22)30(35)24-7-8-24/h3-6,24-29,36H,1,7-20H2,2H3. The molecule has 1 N–H and O–H groups in total. The Kier molecular flexibility index (Phi) is 5.49. The van der Waals surface area contributed by atoms with Crippen LogP contribution in [0.4, 0.5) is 0 Å². The van der Waals surface area contributed by atoms with Gasteiger partial charge < -0.3 is 19.3 Å². The first-order chi connectivity index (χ1) is 18.8. The van der Waals surface area contributed by atoms with Gasteiger partial charge in [-0.2, -0.15) is 0 Å². The molecular weight excluding hydrogens is 488 g/mol. The van der Waals surface area contributed by atoms with Crippen molar-refractivity contribution in [1.29, 1.82) is 0 Å². The van der Waals surface area contributed by atoms with Gasteiger partial charge in [-0.25, -0.2) is 0 Å². The van der Waals surface area contributed by atoms with E-state index in [1.165, 1.54) is 17.6 Å². The van der Waals surface area contributed by atoms with E-state index in [1.807, 2.05) is 0 Å². The summed E-state index contributed by atoms with van der Waals surface area (Å²) in [7, 11) is 0. The second-order valence-corrected chi connectivity index (χ2v) is 14.5. The average Bonchev–Trinajstić information content (AvgIpc) is 3.47. The molecule has 2 heterocycles. The Balaban J connectivity index is 1.19. The van der Waals surface area contributed by atoms with Gasteiger partial charge in [0, 0.05) is 29.7 Å². The molecule has 1 aromatic carbocycles. The molecule has 0 aromatic heterocycles. The third kappa shape index (κ3) is 3.49. The van der Waals surface area contributed by atoms with E-state index >= 15 is 0 Å². The zero-order chi connectivity index (χ0) is 26.6. The smallest absolute Gasteiger partial charge is 0.171 e. The van der Waals surface area contributed by atoms with Gasteiger partial charge >= 0.3 is 0 Å². The lowest BCUT2D eigenvalue weighted by molar-refractivity contribution is -0.259. The van der Waals surface area contributed by atoms with Gasteiger partial charge in [-0.05, 0) is 98.5 Å². The number of ketones is 1. The second-order valence-electron chi connectivity index (χ2n) is 14.5. The first kappa shape index (κ1) is 25.2. The van der Waals surface area contributed by atoms with E-state index < -0.39 is 11.4 Å². The molecule has 7 aliphatic rings. The fraction of sp³-hybridized carbons (Fsp3) is 0.735. The largest absolute Gasteiger partial charge is 0.389 e. The highest BCUT2D eigenvalue weighted by molar-refractivity contribution is 5.99. The van der Waals surface area contributed by atoms with E-state index in [-0.39, 0.29) is 22.9 Å². The zero-order valence-corrected chi connectivity index (χ0v) is 23.5. The molecule has 5 nitrogen and oxygen atoms in total. The Morgan fingerprint density at radius 1 is 0.923 bits per heavy atom. The SMILES string of the molecule is C=C1CCOC12CCC1C3CCC4(O)CC5(CCC4C3C(c3ccc(C(=O)C4CC4)cc3)CC12C)OCCO5. The predicted octanol–water partition coefficient (Wildman–Crippen LogP) is 6.20. The van der Waals surface area contributed by atoms with E-state index in [9.17, 15) is 9.90 Å². The summed E-state index contributed by atoms with van der Waals surface area (Å²) in [5.41, 5.74) is 2.58. The summed E-state index contributed by atoms with van der Waals surface area (Å²) in [5, 5.41) is 12.3. The summed E-state index contributed by atoms with van der Waals surface area (Å²) < 4.78 is 18.9. The first-order valence-corrected chi connectivity index (χ1v) is 15.7. The van der Waals surface area contributed by atoms with E-state index in [2.05, 4.69) is 37.8 Å². The summed E-state index contributed by atoms with van der Waals surface area (Å²) in [6, 6.07) is 8.65. The van der Waals surface area contributed by atoms with Gasteiger partial charge in [0.25, 0.3) is 0 Å². The van der Waals surface area contributed by atoms with Crippen LogP contribution in [0.5, 0.6) is 0 Å². The Labute approximate surface area is 232 Å². The van der Waals surface area contributed by atoms with Crippen molar-refractivity contribution in [3.63, 3.8) is 0 Å². The van der Waals surface area contributed by atoms with Crippen molar-refractivity contribution in [2.45, 2.75) is 100 Å². The minimum atomic E-state index is -0.749. The van der Waals surface area contributed by atoms with Crippen LogP contribution in [0.1, 0.15) is 99.4 Å². The summed E-state index contributed by atoms with van der Waals surface area (Å²) in [5.74, 6) is 2.07. The molecule has 0 radical (unpaired) electrons. The molecule has 2 spiro atoms. The maximum atomic E-state index is 12.8.